The van der Waals surface area contributed by atoms with Gasteiger partial charge in [-0.25, -0.2) is 0 Å². The van der Waals surface area contributed by atoms with Gasteiger partial charge in [0.2, 0.25) is 0 Å². The summed E-state index contributed by atoms with van der Waals surface area (Å²) in [5, 5.41) is 10.6. The number of benzene rings is 2. The average molecular weight is 249 g/mol. The van der Waals surface area contributed by atoms with Crippen LogP contribution in [0, 0.1) is 6.54 Å². The molecule has 0 saturated carbocycles. The second kappa shape index (κ2) is 5.35. The lowest BCUT2D eigenvalue weighted by Crippen LogP contribution is -2.14. The molecule has 0 fully saturated rings. The Hall–Kier alpha value is -2.62. The van der Waals surface area contributed by atoms with Gasteiger partial charge in [-0.1, -0.05) is 53.7 Å². The summed E-state index contributed by atoms with van der Waals surface area (Å²) in [5.74, 6) is 0.759. The molecule has 0 atom stereocenters. The number of H-pyrrole nitrogens is 1. The fourth-order valence-electron chi connectivity index (χ4n) is 1.86. The van der Waals surface area contributed by atoms with E-state index < -0.39 is 0 Å². The molecule has 4 heteroatoms. The predicted octanol–water partition coefficient (Wildman–Crippen LogP) is 3.15. The lowest BCUT2D eigenvalue weighted by atomic mass is 10.2. The van der Waals surface area contributed by atoms with Crippen LogP contribution >= 0.6 is 0 Å². The minimum Gasteiger partial charge on any atom is -0.314 e. The normalized spacial score (nSPS) is 10.3. The maximum absolute atomic E-state index is 4.08. The Balaban J connectivity index is 1.94. The van der Waals surface area contributed by atoms with Crippen molar-refractivity contribution >= 4 is 11.5 Å². The van der Waals surface area contributed by atoms with Crippen LogP contribution in [0.5, 0.6) is 0 Å². The Labute approximate surface area is 111 Å². The van der Waals surface area contributed by atoms with Gasteiger partial charge in [-0.05, 0) is 17.7 Å². The predicted molar refractivity (Wildman–Crippen MR) is 74.8 cm³/mol. The SMILES string of the molecule is [CH](c1ccccc1)N(c1ccccc1)c1c[nH]nn1. The third-order valence-electron chi connectivity index (χ3n) is 2.76. The zero-order valence-electron chi connectivity index (χ0n) is 10.3. The second-order valence-corrected chi connectivity index (χ2v) is 4.08. The van der Waals surface area contributed by atoms with Gasteiger partial charge in [0, 0.05) is 5.69 Å². The van der Waals surface area contributed by atoms with E-state index in [1.165, 1.54) is 0 Å². The Morgan fingerprint density at radius 2 is 1.58 bits per heavy atom. The van der Waals surface area contributed by atoms with Crippen LogP contribution in [0.4, 0.5) is 11.5 Å². The topological polar surface area (TPSA) is 44.8 Å². The number of nitrogens with one attached hydrogen (secondary N) is 1. The average Bonchev–Trinajstić information content (AvgIpc) is 3.01. The van der Waals surface area contributed by atoms with E-state index in [1.807, 2.05) is 60.0 Å². The van der Waals surface area contributed by atoms with Crippen LogP contribution in [0.15, 0.2) is 66.9 Å². The summed E-state index contributed by atoms with van der Waals surface area (Å²) in [6.45, 7) is 2.03. The minimum atomic E-state index is 0.759. The van der Waals surface area contributed by atoms with Crippen molar-refractivity contribution in [1.82, 2.24) is 15.4 Å². The van der Waals surface area contributed by atoms with Crippen molar-refractivity contribution in [3.05, 3.63) is 79.0 Å². The zero-order valence-corrected chi connectivity index (χ0v) is 10.3. The molecular weight excluding hydrogens is 236 g/mol. The summed E-state index contributed by atoms with van der Waals surface area (Å²) >= 11 is 0. The van der Waals surface area contributed by atoms with E-state index in [2.05, 4.69) is 27.5 Å². The number of hydrogen-bond acceptors (Lipinski definition) is 3. The molecule has 4 nitrogen and oxygen atoms in total. The highest BCUT2D eigenvalue weighted by Gasteiger charge is 2.12. The molecule has 0 aliphatic rings. The van der Waals surface area contributed by atoms with E-state index >= 15 is 0 Å². The van der Waals surface area contributed by atoms with Crippen LogP contribution < -0.4 is 4.90 Å². The van der Waals surface area contributed by atoms with Crippen molar-refractivity contribution in [1.29, 1.82) is 0 Å². The third-order valence-corrected chi connectivity index (χ3v) is 2.76. The van der Waals surface area contributed by atoms with Crippen LogP contribution in [-0.2, 0) is 0 Å². The van der Waals surface area contributed by atoms with Gasteiger partial charge in [0.25, 0.3) is 0 Å². The molecule has 93 valence electrons. The Bertz CT molecular complexity index is 605. The van der Waals surface area contributed by atoms with Crippen LogP contribution in [0.25, 0.3) is 0 Å². The molecule has 0 unspecified atom stereocenters. The summed E-state index contributed by atoms with van der Waals surface area (Å²) in [5.41, 5.74) is 2.15. The molecule has 2 aromatic carbocycles. The fraction of sp³-hybridized carbons (Fsp3) is 0. The maximum Gasteiger partial charge on any atom is 0.175 e. The number of anilines is 2. The van der Waals surface area contributed by atoms with Crippen molar-refractivity contribution in [2.24, 2.45) is 0 Å². The number of aromatic nitrogens is 3. The van der Waals surface area contributed by atoms with Gasteiger partial charge in [-0.3, -0.25) is 5.10 Å². The van der Waals surface area contributed by atoms with Crippen molar-refractivity contribution in [2.75, 3.05) is 4.90 Å². The standard InChI is InChI=1S/C15H13N4/c1-3-7-13(8-4-1)12-19(15-11-16-18-17-15)14-9-5-2-6-10-14/h1-12H,(H,16,17,18). The molecule has 0 spiro atoms. The minimum absolute atomic E-state index is 0.759. The summed E-state index contributed by atoms with van der Waals surface area (Å²) in [6.07, 6.45) is 1.77. The first-order valence-corrected chi connectivity index (χ1v) is 6.04. The van der Waals surface area contributed by atoms with Gasteiger partial charge >= 0.3 is 0 Å². The molecule has 1 heterocycles. The highest BCUT2D eigenvalue weighted by molar-refractivity contribution is 5.62. The summed E-state index contributed by atoms with van der Waals surface area (Å²) < 4.78 is 0. The quantitative estimate of drug-likeness (QED) is 0.772. The monoisotopic (exact) mass is 249 g/mol. The van der Waals surface area contributed by atoms with E-state index in [0.717, 1.165) is 17.1 Å². The second-order valence-electron chi connectivity index (χ2n) is 4.08. The van der Waals surface area contributed by atoms with Gasteiger partial charge < -0.3 is 4.90 Å². The van der Waals surface area contributed by atoms with Gasteiger partial charge in [-0.15, -0.1) is 5.10 Å². The van der Waals surface area contributed by atoms with Crippen molar-refractivity contribution in [3.8, 4) is 0 Å². The number of aromatic amines is 1. The van der Waals surface area contributed by atoms with Gasteiger partial charge in [-0.2, -0.15) is 0 Å². The first-order chi connectivity index (χ1) is 9.43. The van der Waals surface area contributed by atoms with Crippen molar-refractivity contribution in [2.45, 2.75) is 0 Å². The summed E-state index contributed by atoms with van der Waals surface area (Å²) in [4.78, 5) is 2.00. The molecule has 0 amide bonds. The van der Waals surface area contributed by atoms with Crippen LogP contribution in [0.2, 0.25) is 0 Å². The van der Waals surface area contributed by atoms with E-state index in [-0.39, 0.29) is 0 Å². The largest absolute Gasteiger partial charge is 0.314 e. The third kappa shape index (κ3) is 2.63. The highest BCUT2D eigenvalue weighted by Crippen LogP contribution is 2.25. The summed E-state index contributed by atoms with van der Waals surface area (Å²) in [6, 6.07) is 20.2. The van der Waals surface area contributed by atoms with Crippen molar-refractivity contribution in [3.63, 3.8) is 0 Å². The number of para-hydroxylation sites is 1. The molecule has 3 aromatic rings. The molecule has 1 N–H and O–H groups in total. The summed E-state index contributed by atoms with van der Waals surface area (Å²) in [7, 11) is 0. The molecule has 0 aliphatic carbocycles. The van der Waals surface area contributed by atoms with Gasteiger partial charge in [0.15, 0.2) is 5.82 Å². The molecule has 0 bridgehead atoms. The van der Waals surface area contributed by atoms with E-state index in [9.17, 15) is 0 Å². The first-order valence-electron chi connectivity index (χ1n) is 6.04. The molecule has 1 aromatic heterocycles. The molecular formula is C15H13N4. The van der Waals surface area contributed by atoms with Gasteiger partial charge in [0.1, 0.15) is 0 Å². The molecule has 0 aliphatic heterocycles. The smallest absolute Gasteiger partial charge is 0.175 e. The zero-order chi connectivity index (χ0) is 12.9. The van der Waals surface area contributed by atoms with Gasteiger partial charge in [0.05, 0.1) is 12.7 Å². The Kier molecular flexibility index (Phi) is 3.23. The molecule has 0 saturated heterocycles. The lowest BCUT2D eigenvalue weighted by molar-refractivity contribution is 0.932. The van der Waals surface area contributed by atoms with Crippen LogP contribution in [0.3, 0.4) is 0 Å². The molecule has 3 rings (SSSR count). The van der Waals surface area contributed by atoms with E-state index in [1.54, 1.807) is 6.20 Å². The lowest BCUT2D eigenvalue weighted by Gasteiger charge is -2.21. The maximum atomic E-state index is 4.08. The van der Waals surface area contributed by atoms with E-state index in [0.29, 0.717) is 0 Å². The molecule has 1 radical (unpaired) electrons. The Morgan fingerprint density at radius 1 is 0.895 bits per heavy atom. The van der Waals surface area contributed by atoms with Crippen LogP contribution in [0.1, 0.15) is 5.56 Å². The number of hydrogen-bond donors (Lipinski definition) is 1. The first kappa shape index (κ1) is 11.5. The van der Waals surface area contributed by atoms with Crippen molar-refractivity contribution < 1.29 is 0 Å². The van der Waals surface area contributed by atoms with Crippen LogP contribution in [-0.4, -0.2) is 15.4 Å². The number of nitrogens with zero attached hydrogens (tertiary/aromatic N) is 3. The van der Waals surface area contributed by atoms with E-state index in [4.69, 9.17) is 0 Å². The highest BCUT2D eigenvalue weighted by atomic mass is 15.4. The molecule has 19 heavy (non-hydrogen) atoms. The fourth-order valence-corrected chi connectivity index (χ4v) is 1.86. The Morgan fingerprint density at radius 3 is 2.21 bits per heavy atom. The number of rotatable bonds is 4.